The highest BCUT2D eigenvalue weighted by Gasteiger charge is 2.26. The summed E-state index contributed by atoms with van der Waals surface area (Å²) in [6.45, 7) is 2.27. The molecule has 0 unspecified atom stereocenters. The minimum atomic E-state index is -1.20. The Morgan fingerprint density at radius 2 is 1.55 bits per heavy atom. The van der Waals surface area contributed by atoms with Crippen LogP contribution in [0.3, 0.4) is 0 Å². The van der Waals surface area contributed by atoms with Gasteiger partial charge in [0.1, 0.15) is 5.54 Å². The number of carboxylic acid groups (broad SMARTS) is 2. The first-order chi connectivity index (χ1) is 9.28. The quantitative estimate of drug-likeness (QED) is 0.505. The van der Waals surface area contributed by atoms with Gasteiger partial charge in [0.15, 0.2) is 0 Å². The molecule has 0 aliphatic heterocycles. The first kappa shape index (κ1) is 17.9. The highest BCUT2D eigenvalue weighted by Crippen LogP contribution is 2.13. The van der Waals surface area contributed by atoms with E-state index in [-0.39, 0.29) is 6.54 Å². The summed E-state index contributed by atoms with van der Waals surface area (Å²) in [7, 11) is 0. The highest BCUT2D eigenvalue weighted by molar-refractivity contribution is 5.81. The fourth-order valence-electron chi connectivity index (χ4n) is 1.73. The van der Waals surface area contributed by atoms with Crippen molar-refractivity contribution in [2.45, 2.75) is 32.2 Å². The van der Waals surface area contributed by atoms with Gasteiger partial charge in [0.05, 0.1) is 19.6 Å². The molecular weight excluding hydrogens is 264 g/mol. The Hall–Kier alpha value is -2.07. The predicted molar refractivity (Wildman–Crippen MR) is 72.0 cm³/mol. The van der Waals surface area contributed by atoms with E-state index in [0.717, 1.165) is 4.90 Å². The Morgan fingerprint density at radius 3 is 1.85 bits per heavy atom. The molecule has 0 aliphatic rings. The molecule has 0 spiro atoms. The Kier molecular flexibility index (Phi) is 7.33. The third-order valence-corrected chi connectivity index (χ3v) is 2.95. The zero-order valence-corrected chi connectivity index (χ0v) is 11.7. The topological polar surface area (TPSA) is 107 Å². The Labute approximate surface area is 118 Å². The number of rotatable bonds is 9. The number of nitrogens with zero attached hydrogens (tertiary/aromatic N) is 1. The summed E-state index contributed by atoms with van der Waals surface area (Å²) in [5.41, 5.74) is -0.783. The fourth-order valence-corrected chi connectivity index (χ4v) is 1.73. The molecule has 7 heteroatoms. The van der Waals surface area contributed by atoms with E-state index in [2.05, 4.69) is 11.2 Å². The fraction of sp³-hybridized carbons (Fsp3) is 0.615. The summed E-state index contributed by atoms with van der Waals surface area (Å²) in [5, 5.41) is 20.0. The SMILES string of the molecule is C#CC(CC)(CC)NC(=O)CN(CC(=O)O)CC(=O)O. The van der Waals surface area contributed by atoms with Crippen molar-refractivity contribution in [2.24, 2.45) is 0 Å². The number of carboxylic acids is 2. The summed E-state index contributed by atoms with van der Waals surface area (Å²) in [6, 6.07) is 0. The number of nitrogens with one attached hydrogen (secondary N) is 1. The molecule has 0 aromatic carbocycles. The number of carbonyl (C=O) groups is 3. The van der Waals surface area contributed by atoms with Gasteiger partial charge in [0.25, 0.3) is 0 Å². The second-order valence-corrected chi connectivity index (χ2v) is 4.41. The monoisotopic (exact) mass is 284 g/mol. The van der Waals surface area contributed by atoms with Crippen molar-refractivity contribution in [3.05, 3.63) is 0 Å². The largest absolute Gasteiger partial charge is 0.480 e. The van der Waals surface area contributed by atoms with Crippen LogP contribution < -0.4 is 5.32 Å². The maximum Gasteiger partial charge on any atom is 0.317 e. The Bertz CT molecular complexity index is 393. The van der Waals surface area contributed by atoms with Crippen LogP contribution in [-0.2, 0) is 14.4 Å². The van der Waals surface area contributed by atoms with Crippen LogP contribution in [0.5, 0.6) is 0 Å². The van der Waals surface area contributed by atoms with Gasteiger partial charge in [-0.1, -0.05) is 19.8 Å². The molecule has 20 heavy (non-hydrogen) atoms. The van der Waals surface area contributed by atoms with E-state index in [9.17, 15) is 14.4 Å². The van der Waals surface area contributed by atoms with E-state index >= 15 is 0 Å². The molecule has 0 aromatic heterocycles. The van der Waals surface area contributed by atoms with Crippen LogP contribution >= 0.6 is 0 Å². The van der Waals surface area contributed by atoms with Crippen LogP contribution in [0.15, 0.2) is 0 Å². The van der Waals surface area contributed by atoms with Gasteiger partial charge in [-0.25, -0.2) is 0 Å². The van der Waals surface area contributed by atoms with Crippen LogP contribution in [0.25, 0.3) is 0 Å². The van der Waals surface area contributed by atoms with Gasteiger partial charge in [0, 0.05) is 0 Å². The lowest BCUT2D eigenvalue weighted by atomic mass is 9.94. The summed E-state index contributed by atoms with van der Waals surface area (Å²) in [6.07, 6.45) is 6.47. The molecule has 7 nitrogen and oxygen atoms in total. The van der Waals surface area contributed by atoms with Crippen molar-refractivity contribution in [2.75, 3.05) is 19.6 Å². The zero-order chi connectivity index (χ0) is 15.8. The first-order valence-electron chi connectivity index (χ1n) is 6.23. The smallest absolute Gasteiger partial charge is 0.317 e. The number of hydrogen-bond acceptors (Lipinski definition) is 4. The average molecular weight is 284 g/mol. The van der Waals surface area contributed by atoms with Gasteiger partial charge >= 0.3 is 11.9 Å². The van der Waals surface area contributed by atoms with Crippen LogP contribution in [0.2, 0.25) is 0 Å². The number of aliphatic carboxylic acids is 2. The second-order valence-electron chi connectivity index (χ2n) is 4.41. The van der Waals surface area contributed by atoms with Gasteiger partial charge in [-0.15, -0.1) is 6.42 Å². The van der Waals surface area contributed by atoms with E-state index in [4.69, 9.17) is 16.6 Å². The maximum atomic E-state index is 11.9. The van der Waals surface area contributed by atoms with Crippen LogP contribution in [-0.4, -0.2) is 58.1 Å². The van der Waals surface area contributed by atoms with Gasteiger partial charge in [0.2, 0.25) is 5.91 Å². The third-order valence-electron chi connectivity index (χ3n) is 2.95. The van der Waals surface area contributed by atoms with Crippen molar-refractivity contribution >= 4 is 17.8 Å². The van der Waals surface area contributed by atoms with E-state index < -0.39 is 36.5 Å². The second kappa shape index (κ2) is 8.17. The first-order valence-corrected chi connectivity index (χ1v) is 6.23. The number of terminal acetylenes is 1. The van der Waals surface area contributed by atoms with Gasteiger partial charge in [-0.05, 0) is 12.8 Å². The summed E-state index contributed by atoms with van der Waals surface area (Å²) in [4.78, 5) is 34.2. The normalized spacial score (nSPS) is 10.9. The summed E-state index contributed by atoms with van der Waals surface area (Å²) < 4.78 is 0. The molecule has 112 valence electrons. The van der Waals surface area contributed by atoms with Crippen LogP contribution in [0.4, 0.5) is 0 Å². The molecule has 3 N–H and O–H groups in total. The molecule has 0 radical (unpaired) electrons. The molecule has 0 saturated heterocycles. The Morgan fingerprint density at radius 1 is 1.10 bits per heavy atom. The van der Waals surface area contributed by atoms with Crippen molar-refractivity contribution in [3.63, 3.8) is 0 Å². The lowest BCUT2D eigenvalue weighted by molar-refractivity contribution is -0.142. The van der Waals surface area contributed by atoms with E-state index in [1.54, 1.807) is 0 Å². The summed E-state index contributed by atoms with van der Waals surface area (Å²) in [5.74, 6) is -0.375. The maximum absolute atomic E-state index is 11.9. The summed E-state index contributed by atoms with van der Waals surface area (Å²) >= 11 is 0. The molecule has 0 fully saturated rings. The standard InChI is InChI=1S/C13H20N2O5/c1-4-13(5-2,6-3)14-10(16)7-15(8-11(17)18)9-12(19)20/h1H,5-9H2,2-3H3,(H,14,16)(H,17,18)(H,19,20). The molecular formula is C13H20N2O5. The molecule has 1 amide bonds. The van der Waals surface area contributed by atoms with Crippen LogP contribution in [0.1, 0.15) is 26.7 Å². The van der Waals surface area contributed by atoms with Crippen molar-refractivity contribution in [1.82, 2.24) is 10.2 Å². The molecule has 0 aromatic rings. The average Bonchev–Trinajstić information content (AvgIpc) is 2.34. The van der Waals surface area contributed by atoms with E-state index in [1.165, 1.54) is 0 Å². The van der Waals surface area contributed by atoms with Gasteiger partial charge < -0.3 is 15.5 Å². The molecule has 0 heterocycles. The van der Waals surface area contributed by atoms with Crippen LogP contribution in [0, 0.1) is 12.3 Å². The number of hydrogen-bond donors (Lipinski definition) is 3. The van der Waals surface area contributed by atoms with Crippen molar-refractivity contribution in [3.8, 4) is 12.3 Å². The molecule has 0 saturated carbocycles. The Balaban J connectivity index is 4.71. The van der Waals surface area contributed by atoms with Gasteiger partial charge in [-0.3, -0.25) is 19.3 Å². The predicted octanol–water partition coefficient (Wildman–Crippen LogP) is -0.234. The molecule has 0 rings (SSSR count). The number of amides is 1. The highest BCUT2D eigenvalue weighted by atomic mass is 16.4. The lowest BCUT2D eigenvalue weighted by Gasteiger charge is -2.28. The minimum Gasteiger partial charge on any atom is -0.480 e. The van der Waals surface area contributed by atoms with Gasteiger partial charge in [-0.2, -0.15) is 0 Å². The zero-order valence-electron chi connectivity index (χ0n) is 11.7. The number of carbonyl (C=O) groups excluding carboxylic acids is 1. The lowest BCUT2D eigenvalue weighted by Crippen LogP contribution is -2.51. The van der Waals surface area contributed by atoms with E-state index in [0.29, 0.717) is 12.8 Å². The molecule has 0 atom stereocenters. The van der Waals surface area contributed by atoms with Crippen molar-refractivity contribution in [1.29, 1.82) is 0 Å². The minimum absolute atomic E-state index is 0.331. The third kappa shape index (κ3) is 6.20. The molecule has 0 bridgehead atoms. The molecule has 0 aliphatic carbocycles. The van der Waals surface area contributed by atoms with Crippen molar-refractivity contribution < 1.29 is 24.6 Å². The van der Waals surface area contributed by atoms with E-state index in [1.807, 2.05) is 13.8 Å².